The highest BCUT2D eigenvalue weighted by atomic mass is 35.5. The Morgan fingerprint density at radius 1 is 1.08 bits per heavy atom. The Bertz CT molecular complexity index is 951. The van der Waals surface area contributed by atoms with Gasteiger partial charge in [0.2, 0.25) is 5.91 Å². The lowest BCUT2D eigenvalue weighted by molar-refractivity contribution is -0.122. The van der Waals surface area contributed by atoms with Crippen molar-refractivity contribution in [1.82, 2.24) is 0 Å². The summed E-state index contributed by atoms with van der Waals surface area (Å²) in [5.41, 5.74) is 1.16. The van der Waals surface area contributed by atoms with Crippen LogP contribution in [0.4, 0.5) is 5.69 Å². The normalized spacial score (nSPS) is 14.9. The highest BCUT2D eigenvalue weighted by molar-refractivity contribution is 6.43. The molecule has 0 radical (unpaired) electrons. The fourth-order valence-electron chi connectivity index (χ4n) is 2.91. The monoisotopic (exact) mass is 373 g/mol. The second-order valence-corrected chi connectivity index (χ2v) is 6.05. The molecule has 0 bridgehead atoms. The van der Waals surface area contributed by atoms with Gasteiger partial charge in [-0.2, -0.15) is 0 Å². The van der Waals surface area contributed by atoms with Gasteiger partial charge in [-0.05, 0) is 30.3 Å². The van der Waals surface area contributed by atoms with Crippen molar-refractivity contribution in [3.8, 4) is 11.5 Å². The number of carbonyl (C=O) groups excluding carboxylic acids is 2. The summed E-state index contributed by atoms with van der Waals surface area (Å²) in [6, 6.07) is 9.49. The molecule has 26 heavy (non-hydrogen) atoms. The van der Waals surface area contributed by atoms with E-state index in [1.807, 2.05) is 0 Å². The number of aliphatic hydroxyl groups excluding tert-OH is 1. The van der Waals surface area contributed by atoms with Crippen LogP contribution in [0.1, 0.15) is 18.1 Å². The lowest BCUT2D eigenvalue weighted by Gasteiger charge is -2.12. The van der Waals surface area contributed by atoms with Crippen LogP contribution >= 0.6 is 11.6 Å². The molecule has 1 aliphatic heterocycles. The van der Waals surface area contributed by atoms with Crippen molar-refractivity contribution in [3.63, 3.8) is 0 Å². The molecule has 2 amide bonds. The SMILES string of the molecule is COc1ccc(C(O)=C2C(=O)N(C(C)=O)c3cc(Cl)ccc32)cc1OC. The van der Waals surface area contributed by atoms with E-state index < -0.39 is 11.8 Å². The van der Waals surface area contributed by atoms with Gasteiger partial charge < -0.3 is 14.6 Å². The van der Waals surface area contributed by atoms with Crippen LogP contribution < -0.4 is 14.4 Å². The minimum atomic E-state index is -0.609. The molecule has 0 unspecified atom stereocenters. The van der Waals surface area contributed by atoms with Gasteiger partial charge in [-0.25, -0.2) is 4.90 Å². The summed E-state index contributed by atoms with van der Waals surface area (Å²) in [4.78, 5) is 25.7. The Morgan fingerprint density at radius 3 is 2.38 bits per heavy atom. The van der Waals surface area contributed by atoms with Gasteiger partial charge in [0.05, 0.1) is 25.5 Å². The first-order chi connectivity index (χ1) is 12.4. The number of halogens is 1. The first kappa shape index (κ1) is 17.8. The fourth-order valence-corrected chi connectivity index (χ4v) is 3.07. The number of aliphatic hydroxyl groups is 1. The third kappa shape index (κ3) is 2.78. The zero-order chi connectivity index (χ0) is 19.0. The summed E-state index contributed by atoms with van der Waals surface area (Å²) < 4.78 is 10.4. The number of rotatable bonds is 3. The molecule has 3 rings (SSSR count). The van der Waals surface area contributed by atoms with Crippen LogP contribution in [0.15, 0.2) is 36.4 Å². The summed E-state index contributed by atoms with van der Waals surface area (Å²) >= 11 is 6.00. The Balaban J connectivity index is 2.22. The van der Waals surface area contributed by atoms with E-state index >= 15 is 0 Å². The number of fused-ring (bicyclic) bond motifs is 1. The predicted molar refractivity (Wildman–Crippen MR) is 98.6 cm³/mol. The number of anilines is 1. The topological polar surface area (TPSA) is 76.1 Å². The highest BCUT2D eigenvalue weighted by Gasteiger charge is 2.38. The smallest absolute Gasteiger partial charge is 0.269 e. The molecule has 2 aromatic carbocycles. The summed E-state index contributed by atoms with van der Waals surface area (Å²) in [7, 11) is 2.97. The van der Waals surface area contributed by atoms with E-state index in [1.54, 1.807) is 30.3 Å². The second kappa shape index (κ2) is 6.72. The Labute approximate surface area is 155 Å². The molecular weight excluding hydrogens is 358 g/mol. The van der Waals surface area contributed by atoms with Crippen molar-refractivity contribution in [1.29, 1.82) is 0 Å². The maximum absolute atomic E-state index is 12.8. The number of hydrogen-bond acceptors (Lipinski definition) is 5. The van der Waals surface area contributed by atoms with Crippen molar-refractivity contribution in [2.24, 2.45) is 0 Å². The zero-order valence-electron chi connectivity index (χ0n) is 14.4. The summed E-state index contributed by atoms with van der Waals surface area (Å²) in [5, 5.41) is 11.2. The molecule has 0 spiro atoms. The zero-order valence-corrected chi connectivity index (χ0v) is 15.1. The van der Waals surface area contributed by atoms with Crippen molar-refractivity contribution in [2.45, 2.75) is 6.92 Å². The lowest BCUT2D eigenvalue weighted by Crippen LogP contribution is -2.31. The minimum absolute atomic E-state index is 0.0269. The molecule has 6 nitrogen and oxygen atoms in total. The van der Waals surface area contributed by atoms with Crippen LogP contribution in [0.5, 0.6) is 11.5 Å². The maximum atomic E-state index is 12.8. The third-order valence-corrected chi connectivity index (χ3v) is 4.33. The maximum Gasteiger partial charge on any atom is 0.269 e. The van der Waals surface area contributed by atoms with Crippen LogP contribution in [0, 0.1) is 0 Å². The number of ether oxygens (including phenoxy) is 2. The van der Waals surface area contributed by atoms with Gasteiger partial charge in [0.15, 0.2) is 11.5 Å². The van der Waals surface area contributed by atoms with E-state index in [-0.39, 0.29) is 11.3 Å². The molecular formula is C19H16ClNO5. The molecule has 1 heterocycles. The van der Waals surface area contributed by atoms with E-state index in [0.29, 0.717) is 33.3 Å². The Hall–Kier alpha value is -2.99. The number of carbonyl (C=O) groups is 2. The van der Waals surface area contributed by atoms with Gasteiger partial charge in [0.1, 0.15) is 5.76 Å². The lowest BCUT2D eigenvalue weighted by atomic mass is 10.0. The van der Waals surface area contributed by atoms with Crippen molar-refractivity contribution in [2.75, 3.05) is 19.1 Å². The number of amides is 2. The molecule has 2 aromatic rings. The van der Waals surface area contributed by atoms with Crippen LogP contribution in [-0.4, -0.2) is 31.1 Å². The largest absolute Gasteiger partial charge is 0.506 e. The molecule has 0 aromatic heterocycles. The van der Waals surface area contributed by atoms with E-state index in [9.17, 15) is 14.7 Å². The highest BCUT2D eigenvalue weighted by Crippen LogP contribution is 2.42. The molecule has 0 fully saturated rings. The standard InChI is InChI=1S/C19H16ClNO5/c1-10(22)21-14-9-12(20)5-6-13(14)17(19(21)24)18(23)11-4-7-15(25-2)16(8-11)26-3/h4-9,23H,1-3H3. The van der Waals surface area contributed by atoms with E-state index in [0.717, 1.165) is 4.90 Å². The number of benzene rings is 2. The molecule has 1 aliphatic rings. The number of imide groups is 1. The third-order valence-electron chi connectivity index (χ3n) is 4.10. The van der Waals surface area contributed by atoms with Crippen LogP contribution in [0.25, 0.3) is 11.3 Å². The Morgan fingerprint density at radius 2 is 1.77 bits per heavy atom. The van der Waals surface area contributed by atoms with Crippen LogP contribution in [0.2, 0.25) is 5.02 Å². The van der Waals surface area contributed by atoms with Gasteiger partial charge in [-0.15, -0.1) is 0 Å². The molecule has 134 valence electrons. The van der Waals surface area contributed by atoms with E-state index in [1.165, 1.54) is 27.2 Å². The second-order valence-electron chi connectivity index (χ2n) is 5.61. The summed E-state index contributed by atoms with van der Waals surface area (Å²) in [5.74, 6) is -0.439. The number of hydrogen-bond donors (Lipinski definition) is 1. The summed E-state index contributed by atoms with van der Waals surface area (Å²) in [6.45, 7) is 1.28. The first-order valence-corrected chi connectivity index (χ1v) is 8.07. The predicted octanol–water partition coefficient (Wildman–Crippen LogP) is 3.68. The molecule has 0 saturated carbocycles. The summed E-state index contributed by atoms with van der Waals surface area (Å²) in [6.07, 6.45) is 0. The van der Waals surface area contributed by atoms with Gasteiger partial charge in [-0.3, -0.25) is 9.59 Å². The molecule has 1 N–H and O–H groups in total. The van der Waals surface area contributed by atoms with Crippen molar-refractivity contribution in [3.05, 3.63) is 52.5 Å². The molecule has 0 saturated heterocycles. The molecule has 0 aliphatic carbocycles. The van der Waals surface area contributed by atoms with Crippen molar-refractivity contribution >= 4 is 40.4 Å². The van der Waals surface area contributed by atoms with E-state index in [4.69, 9.17) is 21.1 Å². The van der Waals surface area contributed by atoms with Gasteiger partial charge in [0.25, 0.3) is 5.91 Å². The minimum Gasteiger partial charge on any atom is -0.506 e. The molecule has 7 heteroatoms. The number of methoxy groups -OCH3 is 2. The van der Waals surface area contributed by atoms with Gasteiger partial charge >= 0.3 is 0 Å². The average Bonchev–Trinajstić information content (AvgIpc) is 2.91. The fraction of sp³-hybridized carbons (Fsp3) is 0.158. The van der Waals surface area contributed by atoms with Crippen LogP contribution in [0.3, 0.4) is 0 Å². The quantitative estimate of drug-likeness (QED) is 0.656. The number of nitrogens with zero attached hydrogens (tertiary/aromatic N) is 1. The van der Waals surface area contributed by atoms with E-state index in [2.05, 4.69) is 0 Å². The van der Waals surface area contributed by atoms with Crippen LogP contribution in [-0.2, 0) is 9.59 Å². The van der Waals surface area contributed by atoms with Crippen molar-refractivity contribution < 1.29 is 24.2 Å². The van der Waals surface area contributed by atoms with Gasteiger partial charge in [0, 0.05) is 23.1 Å². The van der Waals surface area contributed by atoms with Gasteiger partial charge in [-0.1, -0.05) is 17.7 Å². The average molecular weight is 374 g/mol. The molecule has 0 atom stereocenters. The first-order valence-electron chi connectivity index (χ1n) is 7.69. The Kier molecular flexibility index (Phi) is 4.61.